The number of imidazole rings is 3. The Bertz CT molecular complexity index is 258. The van der Waals surface area contributed by atoms with Crippen molar-refractivity contribution in [3.63, 3.8) is 0 Å². The van der Waals surface area contributed by atoms with E-state index in [9.17, 15) is 0 Å². The molecule has 0 atom stereocenters. The zero-order valence-corrected chi connectivity index (χ0v) is 11.7. The third-order valence-corrected chi connectivity index (χ3v) is 1.22. The second-order valence-electron chi connectivity index (χ2n) is 2.28. The molecule has 0 fully saturated rings. The molecule has 0 aliphatic heterocycles. The minimum absolute atomic E-state index is 0. The monoisotopic (exact) mass is 312 g/mol. The summed E-state index contributed by atoms with van der Waals surface area (Å²) >= 11 is 0. The zero-order valence-electron chi connectivity index (χ0n) is 9.26. The number of hydrogen-bond donors (Lipinski definition) is 3. The second kappa shape index (κ2) is 17.9. The van der Waals surface area contributed by atoms with E-state index in [1.807, 2.05) is 0 Å². The Balaban J connectivity index is -0.000000173. The Labute approximate surface area is 123 Å². The summed E-state index contributed by atoms with van der Waals surface area (Å²) in [5, 5.41) is 0. The molecule has 0 aliphatic carbocycles. The number of nitrogens with one attached hydrogen (secondary N) is 3. The first kappa shape index (κ1) is 21.8. The molecular weight excluding hydrogens is 299 g/mol. The van der Waals surface area contributed by atoms with Crippen molar-refractivity contribution in [1.29, 1.82) is 0 Å². The minimum Gasteiger partial charge on any atom is -0.351 e. The lowest BCUT2D eigenvalue weighted by Crippen LogP contribution is -1.44. The van der Waals surface area contributed by atoms with E-state index >= 15 is 0 Å². The number of halogens is 3. The zero-order chi connectivity index (χ0) is 10.6. The van der Waals surface area contributed by atoms with Crippen LogP contribution in [0.15, 0.2) is 56.2 Å². The van der Waals surface area contributed by atoms with Crippen molar-refractivity contribution in [1.82, 2.24) is 29.9 Å². The van der Waals surface area contributed by atoms with E-state index in [1.54, 1.807) is 56.2 Å². The minimum atomic E-state index is 0. The molecule has 0 bridgehead atoms. The van der Waals surface area contributed by atoms with Crippen LogP contribution in [0, 0.1) is 0 Å². The van der Waals surface area contributed by atoms with Gasteiger partial charge in [0.25, 0.3) is 0 Å². The van der Waals surface area contributed by atoms with Crippen LogP contribution in [0.25, 0.3) is 0 Å². The maximum atomic E-state index is 3.67. The molecule has 3 rings (SSSR count). The predicted octanol–water partition coefficient (Wildman–Crippen LogP) is 2.49. The number of hydrogen-bond acceptors (Lipinski definition) is 3. The highest BCUT2D eigenvalue weighted by molar-refractivity contribution is 5.86. The van der Waals surface area contributed by atoms with Gasteiger partial charge in [-0.3, -0.25) is 0 Å². The first-order chi connectivity index (χ1) is 7.50. The van der Waals surface area contributed by atoms with Gasteiger partial charge in [-0.15, -0.1) is 37.2 Å². The number of nitrogens with zero attached hydrogens (tertiary/aromatic N) is 3. The van der Waals surface area contributed by atoms with Crippen molar-refractivity contribution < 1.29 is 0 Å². The molecule has 102 valence electrons. The van der Waals surface area contributed by atoms with Gasteiger partial charge in [0, 0.05) is 37.2 Å². The van der Waals surface area contributed by atoms with E-state index in [-0.39, 0.29) is 37.2 Å². The fourth-order valence-electron chi connectivity index (χ4n) is 0.645. The Morgan fingerprint density at radius 1 is 0.500 bits per heavy atom. The SMILES string of the molecule is Cl.Cl.Cl.c1c[nH]cn1.c1c[nH]cn1.c1c[nH]cn1. The standard InChI is InChI=1S/3C3H4N2.3ClH/c3*1-2-5-3-4-1;;;/h3*1-3H,(H,4,5);3*1H. The summed E-state index contributed by atoms with van der Waals surface area (Å²) in [4.78, 5) is 19.2. The Morgan fingerprint density at radius 3 is 0.833 bits per heavy atom. The Morgan fingerprint density at radius 2 is 0.778 bits per heavy atom. The first-order valence-corrected chi connectivity index (χ1v) is 4.28. The lowest BCUT2D eigenvalue weighted by molar-refractivity contribution is 1.31. The van der Waals surface area contributed by atoms with E-state index in [4.69, 9.17) is 0 Å². The smallest absolute Gasteiger partial charge is 0.0919 e. The van der Waals surface area contributed by atoms with Gasteiger partial charge in [0.15, 0.2) is 0 Å². The van der Waals surface area contributed by atoms with Crippen LogP contribution in [0.1, 0.15) is 0 Å². The van der Waals surface area contributed by atoms with Gasteiger partial charge in [-0.25, -0.2) is 15.0 Å². The molecule has 0 radical (unpaired) electrons. The maximum Gasteiger partial charge on any atom is 0.0919 e. The number of H-pyrrole nitrogens is 3. The van der Waals surface area contributed by atoms with Gasteiger partial charge in [-0.2, -0.15) is 0 Å². The molecule has 18 heavy (non-hydrogen) atoms. The van der Waals surface area contributed by atoms with Crippen molar-refractivity contribution in [2.45, 2.75) is 0 Å². The average molecular weight is 314 g/mol. The summed E-state index contributed by atoms with van der Waals surface area (Å²) in [6.45, 7) is 0. The number of rotatable bonds is 0. The molecule has 0 aliphatic rings. The molecule has 0 amide bonds. The van der Waals surface area contributed by atoms with Gasteiger partial charge >= 0.3 is 0 Å². The van der Waals surface area contributed by atoms with Crippen molar-refractivity contribution in [3.8, 4) is 0 Å². The normalized spacial score (nSPS) is 6.67. The highest BCUT2D eigenvalue weighted by Crippen LogP contribution is 1.63. The predicted molar refractivity (Wildman–Crippen MR) is 77.5 cm³/mol. The van der Waals surface area contributed by atoms with E-state index in [1.165, 1.54) is 0 Å². The summed E-state index contributed by atoms with van der Waals surface area (Å²) in [5.41, 5.74) is 0. The third kappa shape index (κ3) is 14.5. The maximum absolute atomic E-state index is 3.67. The summed E-state index contributed by atoms with van der Waals surface area (Å²) in [5.74, 6) is 0. The summed E-state index contributed by atoms with van der Waals surface area (Å²) in [6.07, 6.45) is 15.2. The Hall–Kier alpha value is -1.50. The van der Waals surface area contributed by atoms with Gasteiger partial charge in [-0.1, -0.05) is 0 Å². The van der Waals surface area contributed by atoms with Crippen LogP contribution >= 0.6 is 37.2 Å². The highest BCUT2D eigenvalue weighted by atomic mass is 35.5. The van der Waals surface area contributed by atoms with Crippen LogP contribution in [0.2, 0.25) is 0 Å². The van der Waals surface area contributed by atoms with Gasteiger partial charge in [0.05, 0.1) is 19.0 Å². The fourth-order valence-corrected chi connectivity index (χ4v) is 0.645. The van der Waals surface area contributed by atoms with Gasteiger partial charge < -0.3 is 15.0 Å². The van der Waals surface area contributed by atoms with E-state index in [0.717, 1.165) is 0 Å². The molecular formula is C9H15Cl3N6. The molecule has 3 aromatic heterocycles. The van der Waals surface area contributed by atoms with Gasteiger partial charge in [0.2, 0.25) is 0 Å². The molecule has 6 nitrogen and oxygen atoms in total. The number of aromatic nitrogens is 6. The van der Waals surface area contributed by atoms with E-state index in [2.05, 4.69) is 29.9 Å². The van der Waals surface area contributed by atoms with Crippen molar-refractivity contribution in [2.24, 2.45) is 0 Å². The first-order valence-electron chi connectivity index (χ1n) is 4.28. The van der Waals surface area contributed by atoms with E-state index in [0.29, 0.717) is 0 Å². The van der Waals surface area contributed by atoms with E-state index < -0.39 is 0 Å². The summed E-state index contributed by atoms with van der Waals surface area (Å²) in [6, 6.07) is 0. The van der Waals surface area contributed by atoms with Crippen LogP contribution in [0.3, 0.4) is 0 Å². The molecule has 3 heterocycles. The fraction of sp³-hybridized carbons (Fsp3) is 0. The number of aromatic amines is 3. The summed E-state index contributed by atoms with van der Waals surface area (Å²) < 4.78 is 0. The molecule has 9 heteroatoms. The lowest BCUT2D eigenvalue weighted by atomic mass is 11.0. The molecule has 0 saturated heterocycles. The average Bonchev–Trinajstić information content (AvgIpc) is 3.09. The van der Waals surface area contributed by atoms with Crippen LogP contribution in [-0.4, -0.2) is 29.9 Å². The quantitative estimate of drug-likeness (QED) is 0.596. The largest absolute Gasteiger partial charge is 0.351 e. The van der Waals surface area contributed by atoms with Crippen molar-refractivity contribution in [2.75, 3.05) is 0 Å². The van der Waals surface area contributed by atoms with Crippen molar-refractivity contribution >= 4 is 37.2 Å². The highest BCUT2D eigenvalue weighted by Gasteiger charge is 1.57. The molecule has 0 spiro atoms. The van der Waals surface area contributed by atoms with Crippen LogP contribution < -0.4 is 0 Å². The van der Waals surface area contributed by atoms with Crippen LogP contribution in [0.4, 0.5) is 0 Å². The summed E-state index contributed by atoms with van der Waals surface area (Å²) in [7, 11) is 0. The Kier molecular flexibility index (Phi) is 21.6. The van der Waals surface area contributed by atoms with Crippen molar-refractivity contribution in [3.05, 3.63) is 56.2 Å². The molecule has 0 unspecified atom stereocenters. The molecule has 0 aromatic carbocycles. The molecule has 3 aromatic rings. The molecule has 3 N–H and O–H groups in total. The molecule has 0 saturated carbocycles. The van der Waals surface area contributed by atoms with Crippen LogP contribution in [0.5, 0.6) is 0 Å². The van der Waals surface area contributed by atoms with Gasteiger partial charge in [-0.05, 0) is 0 Å². The second-order valence-corrected chi connectivity index (χ2v) is 2.28. The van der Waals surface area contributed by atoms with Gasteiger partial charge in [0.1, 0.15) is 0 Å². The lowest BCUT2D eigenvalue weighted by Gasteiger charge is -1.46. The topological polar surface area (TPSA) is 86.0 Å². The van der Waals surface area contributed by atoms with Crippen LogP contribution in [-0.2, 0) is 0 Å². The third-order valence-electron chi connectivity index (χ3n) is 1.22.